The second-order valence-corrected chi connectivity index (χ2v) is 5.76. The summed E-state index contributed by atoms with van der Waals surface area (Å²) in [7, 11) is 0. The molecule has 0 amide bonds. The van der Waals surface area contributed by atoms with Crippen LogP contribution in [-0.2, 0) is 6.42 Å². The molecular weight excluding hydrogens is 253 g/mol. The van der Waals surface area contributed by atoms with E-state index in [-0.39, 0.29) is 11.9 Å². The van der Waals surface area contributed by atoms with Gasteiger partial charge < -0.3 is 10.1 Å². The molecule has 1 atom stereocenters. The molecule has 1 heterocycles. The van der Waals surface area contributed by atoms with Gasteiger partial charge in [-0.3, -0.25) is 0 Å². The first-order valence-electron chi connectivity index (χ1n) is 7.65. The van der Waals surface area contributed by atoms with E-state index >= 15 is 0 Å². The molecule has 2 aliphatic rings. The van der Waals surface area contributed by atoms with Gasteiger partial charge >= 0.3 is 0 Å². The van der Waals surface area contributed by atoms with Crippen molar-refractivity contribution in [3.8, 4) is 5.75 Å². The number of allylic oxidation sites excluding steroid dienone is 1. The van der Waals surface area contributed by atoms with Gasteiger partial charge in [0.1, 0.15) is 17.7 Å². The van der Waals surface area contributed by atoms with Crippen LogP contribution in [0.25, 0.3) is 0 Å². The fourth-order valence-corrected chi connectivity index (χ4v) is 3.05. The molecule has 0 saturated carbocycles. The van der Waals surface area contributed by atoms with Crippen molar-refractivity contribution in [2.24, 2.45) is 0 Å². The first-order chi connectivity index (χ1) is 9.81. The van der Waals surface area contributed by atoms with E-state index < -0.39 is 0 Å². The van der Waals surface area contributed by atoms with E-state index in [9.17, 15) is 4.39 Å². The van der Waals surface area contributed by atoms with Crippen molar-refractivity contribution in [2.75, 3.05) is 13.1 Å². The van der Waals surface area contributed by atoms with E-state index in [4.69, 9.17) is 4.74 Å². The summed E-state index contributed by atoms with van der Waals surface area (Å²) in [4.78, 5) is 0. The number of ether oxygens (including phenoxy) is 1. The Labute approximate surface area is 120 Å². The summed E-state index contributed by atoms with van der Waals surface area (Å²) in [6, 6.07) is 4.78. The van der Waals surface area contributed by atoms with Crippen molar-refractivity contribution in [3.05, 3.63) is 41.2 Å². The molecule has 3 rings (SSSR count). The molecule has 0 aromatic heterocycles. The van der Waals surface area contributed by atoms with E-state index in [1.165, 1.54) is 31.7 Å². The van der Waals surface area contributed by atoms with Gasteiger partial charge in [0.25, 0.3) is 0 Å². The van der Waals surface area contributed by atoms with Gasteiger partial charge in [-0.15, -0.1) is 0 Å². The Bertz CT molecular complexity index is 498. The van der Waals surface area contributed by atoms with Gasteiger partial charge in [0, 0.05) is 18.5 Å². The lowest BCUT2D eigenvalue weighted by Crippen LogP contribution is -2.30. The Morgan fingerprint density at radius 1 is 1.30 bits per heavy atom. The van der Waals surface area contributed by atoms with Crippen LogP contribution in [0, 0.1) is 5.82 Å². The van der Waals surface area contributed by atoms with E-state index in [0.29, 0.717) is 0 Å². The molecule has 0 radical (unpaired) electrons. The van der Waals surface area contributed by atoms with Gasteiger partial charge in [-0.2, -0.15) is 0 Å². The van der Waals surface area contributed by atoms with Crippen molar-refractivity contribution < 1.29 is 9.13 Å². The highest BCUT2D eigenvalue weighted by Crippen LogP contribution is 2.29. The third-order valence-corrected chi connectivity index (χ3v) is 4.14. The third-order valence-electron chi connectivity index (χ3n) is 4.14. The maximum absolute atomic E-state index is 13.1. The van der Waals surface area contributed by atoms with Crippen LogP contribution in [0.5, 0.6) is 5.75 Å². The average Bonchev–Trinajstić information content (AvgIpc) is 2.86. The minimum atomic E-state index is -0.176. The van der Waals surface area contributed by atoms with Gasteiger partial charge in [0.2, 0.25) is 0 Å². The summed E-state index contributed by atoms with van der Waals surface area (Å²) in [6.45, 7) is 1.85. The molecule has 3 heteroatoms. The maximum atomic E-state index is 13.1. The van der Waals surface area contributed by atoms with Crippen LogP contribution in [0.1, 0.15) is 37.7 Å². The lowest BCUT2D eigenvalue weighted by Gasteiger charge is -2.15. The van der Waals surface area contributed by atoms with Gasteiger partial charge in [-0.1, -0.05) is 11.6 Å². The van der Waals surface area contributed by atoms with Crippen molar-refractivity contribution >= 4 is 0 Å². The minimum Gasteiger partial charge on any atom is -0.488 e. The summed E-state index contributed by atoms with van der Waals surface area (Å²) < 4.78 is 18.9. The molecule has 108 valence electrons. The lowest BCUT2D eigenvalue weighted by atomic mass is 9.97. The van der Waals surface area contributed by atoms with Crippen molar-refractivity contribution in [1.29, 1.82) is 0 Å². The number of rotatable bonds is 5. The third kappa shape index (κ3) is 3.40. The van der Waals surface area contributed by atoms with Crippen LogP contribution in [0.15, 0.2) is 29.8 Å². The Morgan fingerprint density at radius 3 is 3.10 bits per heavy atom. The maximum Gasteiger partial charge on any atom is 0.123 e. The molecule has 0 fully saturated rings. The average molecular weight is 275 g/mol. The van der Waals surface area contributed by atoms with Crippen molar-refractivity contribution in [3.63, 3.8) is 0 Å². The van der Waals surface area contributed by atoms with Gasteiger partial charge in [-0.25, -0.2) is 4.39 Å². The van der Waals surface area contributed by atoms with E-state index in [1.807, 2.05) is 0 Å². The molecule has 20 heavy (non-hydrogen) atoms. The van der Waals surface area contributed by atoms with Gasteiger partial charge in [0.15, 0.2) is 0 Å². The topological polar surface area (TPSA) is 21.3 Å². The number of fused-ring (bicyclic) bond motifs is 1. The Kier molecular flexibility index (Phi) is 4.36. The second-order valence-electron chi connectivity index (χ2n) is 5.76. The quantitative estimate of drug-likeness (QED) is 0.655. The smallest absolute Gasteiger partial charge is 0.123 e. The van der Waals surface area contributed by atoms with E-state index in [0.717, 1.165) is 37.2 Å². The molecule has 0 spiro atoms. The molecule has 1 N–H and O–H groups in total. The fraction of sp³-hybridized carbons (Fsp3) is 0.529. The summed E-state index contributed by atoms with van der Waals surface area (Å²) >= 11 is 0. The van der Waals surface area contributed by atoms with E-state index in [1.54, 1.807) is 17.7 Å². The summed E-state index contributed by atoms with van der Waals surface area (Å²) in [5.74, 6) is 0.665. The van der Waals surface area contributed by atoms with Crippen LogP contribution in [0.3, 0.4) is 0 Å². The van der Waals surface area contributed by atoms with Crippen LogP contribution in [-0.4, -0.2) is 19.2 Å². The molecule has 1 aromatic carbocycles. The van der Waals surface area contributed by atoms with Crippen molar-refractivity contribution in [1.82, 2.24) is 5.32 Å². The molecule has 1 aliphatic heterocycles. The van der Waals surface area contributed by atoms with Crippen LogP contribution >= 0.6 is 0 Å². The van der Waals surface area contributed by atoms with Crippen LogP contribution in [0.4, 0.5) is 4.39 Å². The monoisotopic (exact) mass is 275 g/mol. The molecule has 2 nitrogen and oxygen atoms in total. The normalized spacial score (nSPS) is 21.2. The van der Waals surface area contributed by atoms with Gasteiger partial charge in [-0.05, 0) is 56.8 Å². The largest absolute Gasteiger partial charge is 0.488 e. The summed E-state index contributed by atoms with van der Waals surface area (Å²) in [6.07, 6.45) is 9.72. The number of hydrogen-bond donors (Lipinski definition) is 1. The Hall–Kier alpha value is -1.35. The molecule has 0 saturated heterocycles. The number of nitrogens with one attached hydrogen (secondary N) is 1. The summed E-state index contributed by atoms with van der Waals surface area (Å²) in [5, 5.41) is 3.46. The second kappa shape index (κ2) is 6.40. The molecular formula is C17H22FNO. The highest BCUT2D eigenvalue weighted by molar-refractivity contribution is 5.37. The molecule has 1 aliphatic carbocycles. The predicted octanol–water partition coefficient (Wildman–Crippen LogP) is 3.61. The first kappa shape index (κ1) is 13.6. The number of benzene rings is 1. The van der Waals surface area contributed by atoms with Crippen LogP contribution < -0.4 is 10.1 Å². The highest BCUT2D eigenvalue weighted by atomic mass is 19.1. The minimum absolute atomic E-state index is 0.145. The Morgan fingerprint density at radius 2 is 2.25 bits per heavy atom. The van der Waals surface area contributed by atoms with Crippen LogP contribution in [0.2, 0.25) is 0 Å². The standard InChI is InChI=1S/C17H22FNO/c18-15-6-7-17-14(10-15)11-16(20-17)12-19-9-8-13-4-2-1-3-5-13/h4,6-7,10,16,19H,1-3,5,8-9,11-12H2. The zero-order chi connectivity index (χ0) is 13.8. The zero-order valence-corrected chi connectivity index (χ0v) is 11.8. The molecule has 1 aromatic rings. The number of hydrogen-bond acceptors (Lipinski definition) is 2. The number of halogens is 1. The summed E-state index contributed by atoms with van der Waals surface area (Å²) in [5.41, 5.74) is 2.59. The zero-order valence-electron chi connectivity index (χ0n) is 11.8. The molecule has 0 bridgehead atoms. The van der Waals surface area contributed by atoms with Gasteiger partial charge in [0.05, 0.1) is 0 Å². The SMILES string of the molecule is Fc1ccc2c(c1)CC(CNCCC1=CCCCC1)O2. The van der Waals surface area contributed by atoms with E-state index in [2.05, 4.69) is 11.4 Å². The first-order valence-corrected chi connectivity index (χ1v) is 7.65. The Balaban J connectivity index is 1.39. The molecule has 1 unspecified atom stereocenters. The fourth-order valence-electron chi connectivity index (χ4n) is 3.05. The lowest BCUT2D eigenvalue weighted by molar-refractivity contribution is 0.228. The predicted molar refractivity (Wildman–Crippen MR) is 78.6 cm³/mol. The van der Waals surface area contributed by atoms with Crippen molar-refractivity contribution in [2.45, 2.75) is 44.6 Å². The highest BCUT2D eigenvalue weighted by Gasteiger charge is 2.22.